The molecule has 4 aromatic rings. The predicted octanol–water partition coefficient (Wildman–Crippen LogP) is 1.68. The van der Waals surface area contributed by atoms with Crippen molar-refractivity contribution in [2.75, 3.05) is 0 Å². The van der Waals surface area contributed by atoms with Crippen LogP contribution in [0, 0.1) is 0 Å². The second kappa shape index (κ2) is 8.05. The van der Waals surface area contributed by atoms with E-state index in [0.29, 0.717) is 17.0 Å². The molecule has 1 saturated carbocycles. The first-order valence-corrected chi connectivity index (χ1v) is 10.1. The van der Waals surface area contributed by atoms with E-state index >= 15 is 0 Å². The average molecular weight is 416 g/mol. The molecule has 0 bridgehead atoms. The molecule has 1 aliphatic rings. The summed E-state index contributed by atoms with van der Waals surface area (Å²) in [6.45, 7) is 0. The Kier molecular flexibility index (Phi) is 4.95. The Hall–Kier alpha value is -3.95. The van der Waals surface area contributed by atoms with Gasteiger partial charge in [-0.25, -0.2) is 19.3 Å². The number of para-hydroxylation sites is 2. The fraction of sp³-hybridized carbons (Fsp3) is 0.286. The van der Waals surface area contributed by atoms with Gasteiger partial charge in [0.1, 0.15) is 18.3 Å². The molecule has 0 saturated heterocycles. The molecule has 156 valence electrons. The first-order chi connectivity index (χ1) is 15.2. The summed E-state index contributed by atoms with van der Waals surface area (Å²) in [5, 5.41) is 11.6. The van der Waals surface area contributed by atoms with Gasteiger partial charge < -0.3 is 5.32 Å². The number of amides is 1. The van der Waals surface area contributed by atoms with E-state index in [9.17, 15) is 9.59 Å². The first kappa shape index (κ1) is 19.0. The summed E-state index contributed by atoms with van der Waals surface area (Å²) >= 11 is 0. The smallest absolute Gasteiger partial charge is 0.271 e. The van der Waals surface area contributed by atoms with Crippen molar-refractivity contribution in [1.82, 2.24) is 39.8 Å². The van der Waals surface area contributed by atoms with Crippen molar-refractivity contribution in [3.8, 4) is 5.82 Å². The highest BCUT2D eigenvalue weighted by atomic mass is 16.2. The van der Waals surface area contributed by atoms with Gasteiger partial charge in [-0.05, 0) is 43.9 Å². The second-order valence-corrected chi connectivity index (χ2v) is 7.54. The summed E-state index contributed by atoms with van der Waals surface area (Å²) in [4.78, 5) is 37.6. The zero-order chi connectivity index (χ0) is 21.2. The summed E-state index contributed by atoms with van der Waals surface area (Å²) in [5.41, 5.74) is 1.60. The Labute approximate surface area is 177 Å². The number of nitrogens with one attached hydrogen (secondary N) is 1. The minimum absolute atomic E-state index is 0.0196. The van der Waals surface area contributed by atoms with E-state index in [2.05, 4.69) is 30.5 Å². The van der Waals surface area contributed by atoms with Crippen molar-refractivity contribution in [3.05, 3.63) is 71.3 Å². The van der Waals surface area contributed by atoms with Crippen molar-refractivity contribution in [2.24, 2.45) is 0 Å². The number of hydrogen-bond acceptors (Lipinski definition) is 7. The summed E-state index contributed by atoms with van der Waals surface area (Å²) in [6, 6.07) is 10.6. The molecule has 1 amide bonds. The summed E-state index contributed by atoms with van der Waals surface area (Å²) in [5.74, 6) is 0.313. The van der Waals surface area contributed by atoms with Crippen molar-refractivity contribution in [3.63, 3.8) is 0 Å². The Morgan fingerprint density at radius 2 is 1.84 bits per heavy atom. The molecule has 0 spiro atoms. The van der Waals surface area contributed by atoms with Gasteiger partial charge in [-0.15, -0.1) is 5.10 Å². The topological polar surface area (TPSA) is 120 Å². The number of benzene rings is 1. The van der Waals surface area contributed by atoms with Crippen LogP contribution in [-0.2, 0) is 0 Å². The molecule has 0 unspecified atom stereocenters. The second-order valence-electron chi connectivity index (χ2n) is 7.54. The van der Waals surface area contributed by atoms with Crippen LogP contribution in [0.5, 0.6) is 0 Å². The highest BCUT2D eigenvalue weighted by Gasteiger charge is 2.26. The molecule has 1 N–H and O–H groups in total. The SMILES string of the molecule is O=C(NC1CCC(n2nc(-n3cncn3)ccc2=O)CC1)c1cnc2ccccc2n1. The Morgan fingerprint density at radius 1 is 1.03 bits per heavy atom. The van der Waals surface area contributed by atoms with E-state index in [1.807, 2.05) is 24.3 Å². The molecule has 31 heavy (non-hydrogen) atoms. The number of carbonyl (C=O) groups excluding carboxylic acids is 1. The van der Waals surface area contributed by atoms with Crippen LogP contribution in [0.1, 0.15) is 42.2 Å². The zero-order valence-corrected chi connectivity index (χ0v) is 16.6. The maximum Gasteiger partial charge on any atom is 0.271 e. The van der Waals surface area contributed by atoms with Gasteiger partial charge in [-0.2, -0.15) is 5.10 Å². The molecule has 3 heterocycles. The molecular weight excluding hydrogens is 396 g/mol. The molecule has 5 rings (SSSR count). The maximum atomic E-state index is 12.6. The van der Waals surface area contributed by atoms with Crippen LogP contribution in [0.4, 0.5) is 0 Å². The predicted molar refractivity (Wildman–Crippen MR) is 112 cm³/mol. The molecule has 1 aliphatic carbocycles. The summed E-state index contributed by atoms with van der Waals surface area (Å²) in [7, 11) is 0. The van der Waals surface area contributed by atoms with Crippen LogP contribution in [0.2, 0.25) is 0 Å². The molecule has 0 aliphatic heterocycles. The minimum atomic E-state index is -0.231. The number of rotatable bonds is 4. The molecule has 0 atom stereocenters. The molecule has 1 fully saturated rings. The van der Waals surface area contributed by atoms with E-state index in [1.54, 1.807) is 12.4 Å². The Balaban J connectivity index is 1.25. The molecule has 1 aromatic carbocycles. The van der Waals surface area contributed by atoms with Crippen molar-refractivity contribution < 1.29 is 4.79 Å². The monoisotopic (exact) mass is 416 g/mol. The normalized spacial score (nSPS) is 18.7. The van der Waals surface area contributed by atoms with Gasteiger partial charge in [0.15, 0.2) is 5.82 Å². The van der Waals surface area contributed by atoms with E-state index < -0.39 is 0 Å². The van der Waals surface area contributed by atoms with Crippen LogP contribution in [0.25, 0.3) is 16.9 Å². The van der Waals surface area contributed by atoms with Gasteiger partial charge in [-0.3, -0.25) is 14.6 Å². The highest BCUT2D eigenvalue weighted by Crippen LogP contribution is 2.27. The standard InChI is InChI=1S/C21H20N8O2/c30-20-10-9-19(28-13-22-12-24-28)27-29(20)15-7-5-14(6-8-15)25-21(31)18-11-23-16-3-1-2-4-17(16)26-18/h1-4,9-15H,5-8H2,(H,25,31). The van der Waals surface area contributed by atoms with Crippen molar-refractivity contribution in [1.29, 1.82) is 0 Å². The van der Waals surface area contributed by atoms with Crippen LogP contribution in [-0.4, -0.2) is 46.5 Å². The van der Waals surface area contributed by atoms with Gasteiger partial charge in [0.2, 0.25) is 0 Å². The lowest BCUT2D eigenvalue weighted by atomic mass is 9.91. The third kappa shape index (κ3) is 3.91. The summed E-state index contributed by atoms with van der Waals surface area (Å²) < 4.78 is 3.04. The lowest BCUT2D eigenvalue weighted by Crippen LogP contribution is -2.40. The molecular formula is C21H20N8O2. The number of hydrogen-bond donors (Lipinski definition) is 1. The van der Waals surface area contributed by atoms with Crippen LogP contribution < -0.4 is 10.9 Å². The lowest BCUT2D eigenvalue weighted by molar-refractivity contribution is 0.0916. The Bertz CT molecular complexity index is 1280. The van der Waals surface area contributed by atoms with E-state index in [0.717, 1.165) is 31.2 Å². The van der Waals surface area contributed by atoms with E-state index in [4.69, 9.17) is 0 Å². The summed E-state index contributed by atoms with van der Waals surface area (Å²) in [6.07, 6.45) is 7.44. The van der Waals surface area contributed by atoms with E-state index in [-0.39, 0.29) is 23.6 Å². The van der Waals surface area contributed by atoms with Crippen LogP contribution in [0.3, 0.4) is 0 Å². The molecule has 0 radical (unpaired) electrons. The Morgan fingerprint density at radius 3 is 2.61 bits per heavy atom. The first-order valence-electron chi connectivity index (χ1n) is 10.1. The van der Waals surface area contributed by atoms with Crippen LogP contribution in [0.15, 0.2) is 60.0 Å². The largest absolute Gasteiger partial charge is 0.348 e. The molecule has 3 aromatic heterocycles. The quantitative estimate of drug-likeness (QED) is 0.537. The number of fused-ring (bicyclic) bond motifs is 1. The average Bonchev–Trinajstić information content (AvgIpc) is 3.35. The fourth-order valence-electron chi connectivity index (χ4n) is 3.92. The van der Waals surface area contributed by atoms with E-state index in [1.165, 1.54) is 28.0 Å². The van der Waals surface area contributed by atoms with Crippen molar-refractivity contribution in [2.45, 2.75) is 37.8 Å². The molecule has 10 heteroatoms. The van der Waals surface area contributed by atoms with Gasteiger partial charge in [0.05, 0.1) is 23.3 Å². The lowest BCUT2D eigenvalue weighted by Gasteiger charge is -2.29. The highest BCUT2D eigenvalue weighted by molar-refractivity contribution is 5.93. The number of carbonyl (C=O) groups is 1. The third-order valence-corrected chi connectivity index (χ3v) is 5.52. The molecule has 10 nitrogen and oxygen atoms in total. The van der Waals surface area contributed by atoms with Crippen LogP contribution >= 0.6 is 0 Å². The van der Waals surface area contributed by atoms with Gasteiger partial charge in [0.25, 0.3) is 11.5 Å². The maximum absolute atomic E-state index is 12.6. The minimum Gasteiger partial charge on any atom is -0.348 e. The number of nitrogens with zero attached hydrogens (tertiary/aromatic N) is 7. The zero-order valence-electron chi connectivity index (χ0n) is 16.6. The van der Waals surface area contributed by atoms with Gasteiger partial charge in [-0.1, -0.05) is 12.1 Å². The van der Waals surface area contributed by atoms with Gasteiger partial charge >= 0.3 is 0 Å². The van der Waals surface area contributed by atoms with Gasteiger partial charge in [0, 0.05) is 12.1 Å². The fourth-order valence-corrected chi connectivity index (χ4v) is 3.92. The number of aromatic nitrogens is 7. The third-order valence-electron chi connectivity index (χ3n) is 5.52. The van der Waals surface area contributed by atoms with Crippen molar-refractivity contribution >= 4 is 16.9 Å².